The van der Waals surface area contributed by atoms with Crippen molar-refractivity contribution in [3.63, 3.8) is 0 Å². The molecule has 6 heteroatoms. The summed E-state index contributed by atoms with van der Waals surface area (Å²) in [5.41, 5.74) is 0. The van der Waals surface area contributed by atoms with Crippen molar-refractivity contribution in [3.05, 3.63) is 85.4 Å². The summed E-state index contributed by atoms with van der Waals surface area (Å²) in [6.07, 6.45) is 22.7. The molecule has 0 saturated carbocycles. The van der Waals surface area contributed by atoms with Gasteiger partial charge in [0, 0.05) is 5.22 Å². The summed E-state index contributed by atoms with van der Waals surface area (Å²) in [6.45, 7) is 0. The molecule has 0 aromatic heterocycles. The van der Waals surface area contributed by atoms with Gasteiger partial charge in [-0.3, -0.25) is 4.79 Å². The Kier molecular flexibility index (Phi) is 9.02. The topological polar surface area (TPSA) is 75.7 Å². The van der Waals surface area contributed by atoms with Crippen LogP contribution in [0.15, 0.2) is 106 Å². The summed E-state index contributed by atoms with van der Waals surface area (Å²) in [7, 11) is 0. The van der Waals surface area contributed by atoms with Crippen molar-refractivity contribution >= 4 is 5.78 Å². The molecular weight excluding hydrogens is 268 g/mol. The minimum absolute atomic E-state index is 0.1000. The first-order valence-corrected chi connectivity index (χ1v) is 6.06. The number of nitrogens with zero attached hydrogens (tertiary/aromatic N) is 4. The largest absolute Gasteiger partial charge is 0.346 e. The Morgan fingerprint density at radius 3 is 2.10 bits per heavy atom. The van der Waals surface area contributed by atoms with E-state index in [0.29, 0.717) is 0 Å². The molecule has 0 aromatic rings. The summed E-state index contributed by atoms with van der Waals surface area (Å²) >= 11 is 0. The molecule has 0 amide bonds. The van der Waals surface area contributed by atoms with Crippen LogP contribution in [0.4, 0.5) is 0 Å². The van der Waals surface area contributed by atoms with Gasteiger partial charge in [-0.1, -0.05) is 48.6 Å². The second-order valence-corrected chi connectivity index (χ2v) is 3.43. The molecule has 0 aromatic carbocycles. The average molecular weight is 282 g/mol. The quantitative estimate of drug-likeness (QED) is 0.669. The Bertz CT molecular complexity index is 576. The fraction of sp³-hybridized carbons (Fsp3) is 0. The van der Waals surface area contributed by atoms with Gasteiger partial charge in [0.25, 0.3) is 0 Å². The highest BCUT2D eigenvalue weighted by atomic mass is 16.6. The number of allylic oxidation sites excluding steroid dienone is 12. The van der Waals surface area contributed by atoms with Crippen LogP contribution in [-0.4, -0.2) is 5.78 Å². The molecule has 0 N–H and O–H groups in total. The van der Waals surface area contributed by atoms with Crippen molar-refractivity contribution in [1.29, 1.82) is 0 Å². The van der Waals surface area contributed by atoms with Crippen LogP contribution in [-0.2, 0) is 9.63 Å². The molecule has 0 fully saturated rings. The fourth-order valence-electron chi connectivity index (χ4n) is 1.03. The second-order valence-electron chi connectivity index (χ2n) is 3.43. The van der Waals surface area contributed by atoms with Crippen molar-refractivity contribution in [2.45, 2.75) is 0 Å². The van der Waals surface area contributed by atoms with Crippen molar-refractivity contribution in [3.8, 4) is 0 Å². The van der Waals surface area contributed by atoms with Crippen LogP contribution >= 0.6 is 0 Å². The highest BCUT2D eigenvalue weighted by Crippen LogP contribution is 1.90. The van der Waals surface area contributed by atoms with Crippen molar-refractivity contribution < 1.29 is 9.63 Å². The third kappa shape index (κ3) is 10.5. The van der Waals surface area contributed by atoms with Gasteiger partial charge in [0.05, 0.1) is 11.5 Å². The Balaban J connectivity index is 2.70. The molecule has 1 aliphatic heterocycles. The number of ketones is 1. The van der Waals surface area contributed by atoms with Gasteiger partial charge in [0.15, 0.2) is 5.78 Å². The molecule has 0 aliphatic carbocycles. The lowest BCUT2D eigenvalue weighted by atomic mass is 10.3. The van der Waals surface area contributed by atoms with Gasteiger partial charge in [0.2, 0.25) is 0 Å². The van der Waals surface area contributed by atoms with Gasteiger partial charge in [0.1, 0.15) is 6.26 Å². The van der Waals surface area contributed by atoms with Crippen LogP contribution in [0.1, 0.15) is 0 Å². The first-order chi connectivity index (χ1) is 10.4. The average Bonchev–Trinajstić information content (AvgIpc) is 2.48. The number of hydrogen-bond acceptors (Lipinski definition) is 6. The Labute approximate surface area is 122 Å². The van der Waals surface area contributed by atoms with Crippen LogP contribution in [0.25, 0.3) is 0 Å². The second kappa shape index (κ2) is 11.9. The van der Waals surface area contributed by atoms with Crippen LogP contribution in [0.2, 0.25) is 0 Å². The van der Waals surface area contributed by atoms with Crippen molar-refractivity contribution in [2.24, 2.45) is 20.8 Å². The summed E-state index contributed by atoms with van der Waals surface area (Å²) < 4.78 is 0. The molecule has 0 bridgehead atoms. The molecule has 1 rings (SSSR count). The van der Waals surface area contributed by atoms with E-state index >= 15 is 0 Å². The number of carbonyl (C=O) groups is 1. The third-order valence-electron chi connectivity index (χ3n) is 1.88. The predicted octanol–water partition coefficient (Wildman–Crippen LogP) is 4.13. The van der Waals surface area contributed by atoms with E-state index < -0.39 is 0 Å². The summed E-state index contributed by atoms with van der Waals surface area (Å²) in [6, 6.07) is 0. The third-order valence-corrected chi connectivity index (χ3v) is 1.88. The maximum absolute atomic E-state index is 11.4. The Morgan fingerprint density at radius 2 is 1.33 bits per heavy atom. The van der Waals surface area contributed by atoms with Gasteiger partial charge in [-0.2, -0.15) is 0 Å². The lowest BCUT2D eigenvalue weighted by Crippen LogP contribution is -1.82. The minimum Gasteiger partial charge on any atom is -0.346 e. The van der Waals surface area contributed by atoms with E-state index in [4.69, 9.17) is 0 Å². The Hall–Kier alpha value is -3.15. The maximum Gasteiger partial charge on any atom is 0.178 e. The number of carbonyl (C=O) groups excluding carboxylic acids is 1. The van der Waals surface area contributed by atoms with Gasteiger partial charge in [-0.15, -0.1) is 5.11 Å². The van der Waals surface area contributed by atoms with Crippen LogP contribution in [0.3, 0.4) is 0 Å². The normalized spacial score (nSPS) is 16.3. The zero-order valence-corrected chi connectivity index (χ0v) is 11.2. The van der Waals surface area contributed by atoms with Crippen LogP contribution in [0.5, 0.6) is 0 Å². The van der Waals surface area contributed by atoms with Crippen molar-refractivity contribution in [1.82, 2.24) is 0 Å². The molecule has 0 unspecified atom stereocenters. The Morgan fingerprint density at radius 1 is 0.714 bits per heavy atom. The van der Waals surface area contributed by atoms with Gasteiger partial charge < -0.3 is 4.84 Å². The molecule has 1 heterocycles. The molecule has 0 spiro atoms. The van der Waals surface area contributed by atoms with E-state index in [1.54, 1.807) is 60.8 Å². The van der Waals surface area contributed by atoms with Crippen LogP contribution in [0, 0.1) is 0 Å². The highest BCUT2D eigenvalue weighted by Gasteiger charge is 1.83. The number of rotatable bonds is 0. The molecular formula is C15H14N4O2. The summed E-state index contributed by atoms with van der Waals surface area (Å²) in [5.74, 6) is -0.1000. The smallest absolute Gasteiger partial charge is 0.178 e. The van der Waals surface area contributed by atoms with Crippen molar-refractivity contribution in [2.75, 3.05) is 0 Å². The van der Waals surface area contributed by atoms with E-state index in [9.17, 15) is 4.79 Å². The first-order valence-electron chi connectivity index (χ1n) is 6.06. The van der Waals surface area contributed by atoms with Gasteiger partial charge in [-0.25, -0.2) is 0 Å². The van der Waals surface area contributed by atoms with E-state index in [1.807, 2.05) is 0 Å². The van der Waals surface area contributed by atoms with E-state index in [1.165, 1.54) is 24.6 Å². The summed E-state index contributed by atoms with van der Waals surface area (Å²) in [5, 5.41) is 13.5. The fourth-order valence-corrected chi connectivity index (χ4v) is 1.03. The standard InChI is InChI=1S/C15H14N4O2/c20-15-11-7-3-1-2-5-9-13-16-17-18-19-21-14-10-6-4-8-12-15/h1-14H. The van der Waals surface area contributed by atoms with E-state index in [-0.39, 0.29) is 5.78 Å². The lowest BCUT2D eigenvalue weighted by molar-refractivity contribution is -0.110. The molecule has 0 atom stereocenters. The zero-order valence-electron chi connectivity index (χ0n) is 11.2. The number of hydrogen-bond donors (Lipinski definition) is 0. The summed E-state index contributed by atoms with van der Waals surface area (Å²) in [4.78, 5) is 16.1. The predicted molar refractivity (Wildman–Crippen MR) is 79.8 cm³/mol. The molecule has 21 heavy (non-hydrogen) atoms. The first kappa shape index (κ1) is 15.9. The zero-order chi connectivity index (χ0) is 15.0. The van der Waals surface area contributed by atoms with E-state index in [0.717, 1.165) is 0 Å². The highest BCUT2D eigenvalue weighted by molar-refractivity contribution is 5.99. The SMILES string of the molecule is O=C1C=CC=CC=CC=CN=NN=NOC=CC=CC=C1. The lowest BCUT2D eigenvalue weighted by Gasteiger charge is -1.81. The van der Waals surface area contributed by atoms with Gasteiger partial charge >= 0.3 is 0 Å². The van der Waals surface area contributed by atoms with Gasteiger partial charge in [-0.05, 0) is 29.5 Å². The van der Waals surface area contributed by atoms with E-state index in [2.05, 4.69) is 25.7 Å². The molecule has 0 saturated heterocycles. The van der Waals surface area contributed by atoms with Crippen LogP contribution < -0.4 is 0 Å². The maximum atomic E-state index is 11.4. The molecule has 6 nitrogen and oxygen atoms in total. The molecule has 106 valence electrons. The molecule has 1 aliphatic rings. The minimum atomic E-state index is -0.1000. The molecule has 0 radical (unpaired) electrons. The monoisotopic (exact) mass is 282 g/mol.